The Morgan fingerprint density at radius 3 is 2.56 bits per heavy atom. The number of halogens is 1. The molecule has 0 atom stereocenters. The maximum atomic E-state index is 13.4. The molecule has 1 amide bonds. The molecule has 2 N–H and O–H groups in total. The van der Waals surface area contributed by atoms with E-state index in [1.165, 1.54) is 17.2 Å². The van der Waals surface area contributed by atoms with E-state index in [-0.39, 0.29) is 11.7 Å². The quantitative estimate of drug-likeness (QED) is 0.670. The maximum absolute atomic E-state index is 13.4. The molecule has 0 saturated heterocycles. The van der Waals surface area contributed by atoms with Crippen LogP contribution in [0, 0.1) is 12.7 Å². The molecule has 3 rings (SSSR count). The SMILES string of the molecule is Cc1cc(-c2cc(C(=O)NCCc3ccc(C(C)C)cc3)[nH]n2)ccc1F. The van der Waals surface area contributed by atoms with E-state index in [0.29, 0.717) is 29.4 Å². The van der Waals surface area contributed by atoms with Gasteiger partial charge in [-0.1, -0.05) is 38.1 Å². The Bertz CT molecular complexity index is 929. The molecule has 1 heterocycles. The fourth-order valence-corrected chi connectivity index (χ4v) is 2.87. The van der Waals surface area contributed by atoms with Crippen molar-refractivity contribution in [2.24, 2.45) is 0 Å². The Labute approximate surface area is 158 Å². The number of nitrogens with zero attached hydrogens (tertiary/aromatic N) is 1. The van der Waals surface area contributed by atoms with Crippen LogP contribution in [0.2, 0.25) is 0 Å². The van der Waals surface area contributed by atoms with E-state index in [1.807, 2.05) is 0 Å². The van der Waals surface area contributed by atoms with E-state index >= 15 is 0 Å². The molecular formula is C22H24FN3O. The largest absolute Gasteiger partial charge is 0.350 e. The summed E-state index contributed by atoms with van der Waals surface area (Å²) in [5, 5.41) is 9.81. The molecule has 27 heavy (non-hydrogen) atoms. The van der Waals surface area contributed by atoms with Crippen molar-refractivity contribution in [2.45, 2.75) is 33.1 Å². The summed E-state index contributed by atoms with van der Waals surface area (Å²) >= 11 is 0. The van der Waals surface area contributed by atoms with Crippen molar-refractivity contribution in [3.05, 3.63) is 76.7 Å². The van der Waals surface area contributed by atoms with Crippen molar-refractivity contribution in [1.82, 2.24) is 15.5 Å². The molecule has 140 valence electrons. The monoisotopic (exact) mass is 365 g/mol. The minimum atomic E-state index is -0.256. The van der Waals surface area contributed by atoms with Gasteiger partial charge in [0.15, 0.2) is 0 Å². The second-order valence-corrected chi connectivity index (χ2v) is 7.03. The average Bonchev–Trinajstić information content (AvgIpc) is 3.14. The van der Waals surface area contributed by atoms with Crippen LogP contribution in [0.3, 0.4) is 0 Å². The molecule has 2 aromatic carbocycles. The highest BCUT2D eigenvalue weighted by Gasteiger charge is 2.11. The summed E-state index contributed by atoms with van der Waals surface area (Å²) in [6.45, 7) is 6.58. The third-order valence-electron chi connectivity index (χ3n) is 4.62. The summed E-state index contributed by atoms with van der Waals surface area (Å²) in [6, 6.07) is 14.9. The first kappa shape index (κ1) is 18.8. The Morgan fingerprint density at radius 1 is 1.15 bits per heavy atom. The van der Waals surface area contributed by atoms with Crippen molar-refractivity contribution >= 4 is 5.91 Å². The number of carbonyl (C=O) groups excluding carboxylic acids is 1. The zero-order valence-electron chi connectivity index (χ0n) is 15.8. The molecule has 5 heteroatoms. The standard InChI is InChI=1S/C22H24FN3O/c1-14(2)17-6-4-16(5-7-17)10-11-24-22(27)21-13-20(25-26-21)18-8-9-19(23)15(3)12-18/h4-9,12-14H,10-11H2,1-3H3,(H,24,27)(H,25,26). The fourth-order valence-electron chi connectivity index (χ4n) is 2.87. The van der Waals surface area contributed by atoms with Gasteiger partial charge in [0.1, 0.15) is 11.5 Å². The number of rotatable bonds is 6. The maximum Gasteiger partial charge on any atom is 0.269 e. The first-order valence-corrected chi connectivity index (χ1v) is 9.13. The van der Waals surface area contributed by atoms with Gasteiger partial charge >= 0.3 is 0 Å². The summed E-state index contributed by atoms with van der Waals surface area (Å²) in [7, 11) is 0. The van der Waals surface area contributed by atoms with E-state index < -0.39 is 0 Å². The van der Waals surface area contributed by atoms with Crippen LogP contribution in [0.5, 0.6) is 0 Å². The van der Waals surface area contributed by atoms with Gasteiger partial charge in [0, 0.05) is 12.1 Å². The van der Waals surface area contributed by atoms with Crippen LogP contribution < -0.4 is 5.32 Å². The van der Waals surface area contributed by atoms with Crippen LogP contribution in [0.1, 0.15) is 46.9 Å². The third kappa shape index (κ3) is 4.61. The summed E-state index contributed by atoms with van der Waals surface area (Å²) in [6.07, 6.45) is 0.766. The van der Waals surface area contributed by atoms with Gasteiger partial charge in [-0.05, 0) is 60.2 Å². The molecule has 0 fully saturated rings. The number of aromatic amines is 1. The molecule has 0 spiro atoms. The molecule has 0 aliphatic carbocycles. The summed E-state index contributed by atoms with van der Waals surface area (Å²) < 4.78 is 13.4. The first-order valence-electron chi connectivity index (χ1n) is 9.13. The Morgan fingerprint density at radius 2 is 1.89 bits per heavy atom. The summed E-state index contributed by atoms with van der Waals surface area (Å²) in [4.78, 5) is 12.3. The molecule has 0 bridgehead atoms. The van der Waals surface area contributed by atoms with Gasteiger partial charge in [-0.25, -0.2) is 4.39 Å². The van der Waals surface area contributed by atoms with Crippen LogP contribution in [0.4, 0.5) is 4.39 Å². The second kappa shape index (κ2) is 8.16. The minimum absolute atomic E-state index is 0.202. The highest BCUT2D eigenvalue weighted by Crippen LogP contribution is 2.20. The lowest BCUT2D eigenvalue weighted by Crippen LogP contribution is -2.26. The highest BCUT2D eigenvalue weighted by atomic mass is 19.1. The number of amides is 1. The molecule has 0 aliphatic heterocycles. The van der Waals surface area contributed by atoms with E-state index in [1.54, 1.807) is 25.1 Å². The number of aryl methyl sites for hydroxylation is 1. The second-order valence-electron chi connectivity index (χ2n) is 7.03. The number of aromatic nitrogens is 2. The predicted octanol–water partition coefficient (Wildman–Crippen LogP) is 4.62. The first-order chi connectivity index (χ1) is 12.9. The van der Waals surface area contributed by atoms with E-state index in [0.717, 1.165) is 12.0 Å². The van der Waals surface area contributed by atoms with Crippen LogP contribution in [0.15, 0.2) is 48.5 Å². The fraction of sp³-hybridized carbons (Fsp3) is 0.273. The van der Waals surface area contributed by atoms with Crippen molar-refractivity contribution in [3.63, 3.8) is 0 Å². The number of hydrogen-bond acceptors (Lipinski definition) is 2. The lowest BCUT2D eigenvalue weighted by Gasteiger charge is -2.07. The molecule has 0 aliphatic rings. The Hall–Kier alpha value is -2.95. The Kier molecular flexibility index (Phi) is 5.69. The van der Waals surface area contributed by atoms with Gasteiger partial charge in [0.2, 0.25) is 0 Å². The summed E-state index contributed by atoms with van der Waals surface area (Å²) in [5.74, 6) is 0.0540. The Balaban J connectivity index is 1.57. The van der Waals surface area contributed by atoms with Gasteiger partial charge < -0.3 is 5.32 Å². The number of benzene rings is 2. The average molecular weight is 365 g/mol. The summed E-state index contributed by atoms with van der Waals surface area (Å²) in [5.41, 5.74) is 4.82. The van der Waals surface area contributed by atoms with E-state index in [9.17, 15) is 9.18 Å². The zero-order valence-corrected chi connectivity index (χ0v) is 15.8. The normalized spacial score (nSPS) is 11.0. The van der Waals surface area contributed by atoms with Crippen molar-refractivity contribution in [2.75, 3.05) is 6.54 Å². The highest BCUT2D eigenvalue weighted by molar-refractivity contribution is 5.93. The molecule has 4 nitrogen and oxygen atoms in total. The number of carbonyl (C=O) groups is 1. The predicted molar refractivity (Wildman–Crippen MR) is 105 cm³/mol. The van der Waals surface area contributed by atoms with Gasteiger partial charge in [0.05, 0.1) is 5.69 Å². The molecular weight excluding hydrogens is 341 g/mol. The minimum Gasteiger partial charge on any atom is -0.350 e. The van der Waals surface area contributed by atoms with Crippen LogP contribution in [-0.2, 0) is 6.42 Å². The number of hydrogen-bond donors (Lipinski definition) is 2. The lowest BCUT2D eigenvalue weighted by atomic mass is 10.0. The van der Waals surface area contributed by atoms with Crippen molar-refractivity contribution in [3.8, 4) is 11.3 Å². The molecule has 0 saturated carbocycles. The molecule has 1 aromatic heterocycles. The van der Waals surface area contributed by atoms with Crippen molar-refractivity contribution < 1.29 is 9.18 Å². The van der Waals surface area contributed by atoms with Crippen LogP contribution >= 0.6 is 0 Å². The van der Waals surface area contributed by atoms with Gasteiger partial charge in [-0.2, -0.15) is 5.10 Å². The molecule has 3 aromatic rings. The van der Waals surface area contributed by atoms with E-state index in [2.05, 4.69) is 53.6 Å². The van der Waals surface area contributed by atoms with Crippen LogP contribution in [-0.4, -0.2) is 22.6 Å². The molecule has 0 unspecified atom stereocenters. The lowest BCUT2D eigenvalue weighted by molar-refractivity contribution is 0.0949. The number of H-pyrrole nitrogens is 1. The number of nitrogens with one attached hydrogen (secondary N) is 2. The van der Waals surface area contributed by atoms with Crippen molar-refractivity contribution in [1.29, 1.82) is 0 Å². The van der Waals surface area contributed by atoms with Crippen LogP contribution in [0.25, 0.3) is 11.3 Å². The smallest absolute Gasteiger partial charge is 0.269 e. The van der Waals surface area contributed by atoms with Gasteiger partial charge in [0.25, 0.3) is 5.91 Å². The van der Waals surface area contributed by atoms with Gasteiger partial charge in [-0.15, -0.1) is 0 Å². The van der Waals surface area contributed by atoms with Gasteiger partial charge in [-0.3, -0.25) is 9.89 Å². The topological polar surface area (TPSA) is 57.8 Å². The molecule has 0 radical (unpaired) electrons. The third-order valence-corrected chi connectivity index (χ3v) is 4.62. The zero-order chi connectivity index (χ0) is 19.4. The van der Waals surface area contributed by atoms with E-state index in [4.69, 9.17) is 0 Å².